The molecule has 6 N–H and O–H groups in total. The van der Waals surface area contributed by atoms with Crippen LogP contribution in [-0.4, -0.2) is 39.3 Å². The molecular formula is C12H36N6S2. The van der Waals surface area contributed by atoms with Crippen molar-refractivity contribution in [1.82, 2.24) is 28.3 Å². The maximum absolute atomic E-state index is 3.70. The molecule has 0 heterocycles. The zero-order chi connectivity index (χ0) is 15.5. The fraction of sp³-hybridized carbons (Fsp3) is 1.00. The monoisotopic (exact) mass is 328 g/mol. The van der Waals surface area contributed by atoms with Crippen molar-refractivity contribution in [2.75, 3.05) is 39.3 Å². The van der Waals surface area contributed by atoms with E-state index in [0.717, 1.165) is 39.3 Å². The van der Waals surface area contributed by atoms with Crippen LogP contribution in [0.4, 0.5) is 0 Å². The van der Waals surface area contributed by atoms with Crippen molar-refractivity contribution in [1.29, 1.82) is 0 Å². The summed E-state index contributed by atoms with van der Waals surface area (Å²) in [5.74, 6) is 0. The standard InChI is InChI=1S/C12H36N6S2/c1-7-13-19(14-8-2,15-9-3)20(16-10-4,17-11-5)18-12-6/h13-18H,7-12H2,1-6H3. The second kappa shape index (κ2) is 11.1. The summed E-state index contributed by atoms with van der Waals surface area (Å²) in [6.07, 6.45) is 0. The summed E-state index contributed by atoms with van der Waals surface area (Å²) in [5.41, 5.74) is 0. The fourth-order valence-electron chi connectivity index (χ4n) is 2.06. The van der Waals surface area contributed by atoms with Gasteiger partial charge in [-0.15, -0.1) is 0 Å². The molecule has 0 spiro atoms. The van der Waals surface area contributed by atoms with Gasteiger partial charge in [-0.25, -0.2) is 28.3 Å². The Hall–Kier alpha value is 0.460. The van der Waals surface area contributed by atoms with Crippen molar-refractivity contribution >= 4 is 19.2 Å². The molecule has 126 valence electrons. The number of hydrogen-bond donors (Lipinski definition) is 6. The van der Waals surface area contributed by atoms with E-state index >= 15 is 0 Å². The third-order valence-corrected chi connectivity index (χ3v) is 11.8. The van der Waals surface area contributed by atoms with Crippen molar-refractivity contribution in [3.63, 3.8) is 0 Å². The molecule has 8 heteroatoms. The minimum atomic E-state index is -1.44. The molecule has 0 saturated carbocycles. The molecule has 0 bridgehead atoms. The molecule has 20 heavy (non-hydrogen) atoms. The van der Waals surface area contributed by atoms with Crippen LogP contribution < -0.4 is 28.3 Å². The molecule has 0 fully saturated rings. The molecule has 0 aliphatic heterocycles. The second-order valence-corrected chi connectivity index (χ2v) is 11.1. The van der Waals surface area contributed by atoms with E-state index in [9.17, 15) is 0 Å². The van der Waals surface area contributed by atoms with Crippen molar-refractivity contribution in [3.8, 4) is 0 Å². The van der Waals surface area contributed by atoms with Crippen LogP contribution in [0.5, 0.6) is 0 Å². The smallest absolute Gasteiger partial charge is 0.00455 e. The molecule has 0 atom stereocenters. The van der Waals surface area contributed by atoms with Crippen LogP contribution in [0.15, 0.2) is 0 Å². The first-order chi connectivity index (χ1) is 9.61. The molecule has 0 aliphatic carbocycles. The van der Waals surface area contributed by atoms with Gasteiger partial charge in [0.1, 0.15) is 0 Å². The summed E-state index contributed by atoms with van der Waals surface area (Å²) in [6, 6.07) is 0. The maximum atomic E-state index is 3.70. The summed E-state index contributed by atoms with van der Waals surface area (Å²) in [7, 11) is -2.87. The van der Waals surface area contributed by atoms with Crippen LogP contribution in [-0.2, 0) is 0 Å². The highest BCUT2D eigenvalue weighted by molar-refractivity contribution is 9.04. The average molecular weight is 329 g/mol. The van der Waals surface area contributed by atoms with Crippen molar-refractivity contribution in [2.24, 2.45) is 0 Å². The van der Waals surface area contributed by atoms with Gasteiger partial charge in [0.05, 0.1) is 0 Å². The van der Waals surface area contributed by atoms with E-state index < -0.39 is 19.2 Å². The number of rotatable bonds is 13. The van der Waals surface area contributed by atoms with Gasteiger partial charge in [-0.2, -0.15) is 0 Å². The highest BCUT2D eigenvalue weighted by Crippen LogP contribution is 2.67. The van der Waals surface area contributed by atoms with Gasteiger partial charge in [-0.3, -0.25) is 0 Å². The molecule has 0 aromatic rings. The van der Waals surface area contributed by atoms with Crippen LogP contribution in [0.25, 0.3) is 0 Å². The Morgan fingerprint density at radius 3 is 0.650 bits per heavy atom. The molecule has 0 aromatic heterocycles. The van der Waals surface area contributed by atoms with Gasteiger partial charge in [0.15, 0.2) is 0 Å². The summed E-state index contributed by atoms with van der Waals surface area (Å²) in [4.78, 5) is 0. The van der Waals surface area contributed by atoms with Crippen LogP contribution in [0, 0.1) is 0 Å². The molecule has 0 radical (unpaired) electrons. The fourth-order valence-corrected chi connectivity index (χ4v) is 11.5. The molecule has 0 rings (SSSR count). The first kappa shape index (κ1) is 20.5. The molecular weight excluding hydrogens is 292 g/mol. The van der Waals surface area contributed by atoms with Crippen LogP contribution >= 0.6 is 19.2 Å². The van der Waals surface area contributed by atoms with Crippen molar-refractivity contribution < 1.29 is 0 Å². The highest BCUT2D eigenvalue weighted by Gasteiger charge is 2.41. The Morgan fingerprint density at radius 2 is 0.550 bits per heavy atom. The van der Waals surface area contributed by atoms with E-state index in [1.165, 1.54) is 0 Å². The average Bonchev–Trinajstić information content (AvgIpc) is 2.40. The largest absolute Gasteiger partial charge is 0.249 e. The van der Waals surface area contributed by atoms with Gasteiger partial charge < -0.3 is 0 Å². The maximum Gasteiger partial charge on any atom is 0.00455 e. The highest BCUT2D eigenvalue weighted by atomic mass is 33.2. The van der Waals surface area contributed by atoms with Gasteiger partial charge in [-0.05, 0) is 19.2 Å². The lowest BCUT2D eigenvalue weighted by molar-refractivity contribution is 0.866. The summed E-state index contributed by atoms with van der Waals surface area (Å²) in [6.45, 7) is 18.5. The van der Waals surface area contributed by atoms with Gasteiger partial charge in [0.2, 0.25) is 0 Å². The molecule has 0 amide bonds. The lowest BCUT2D eigenvalue weighted by atomic mass is 10.8. The van der Waals surface area contributed by atoms with E-state index in [2.05, 4.69) is 69.9 Å². The lowest BCUT2D eigenvalue weighted by Gasteiger charge is -2.59. The van der Waals surface area contributed by atoms with Gasteiger partial charge >= 0.3 is 0 Å². The lowest BCUT2D eigenvalue weighted by Crippen LogP contribution is -2.56. The van der Waals surface area contributed by atoms with E-state index in [4.69, 9.17) is 0 Å². The topological polar surface area (TPSA) is 72.2 Å². The molecule has 0 aromatic carbocycles. The van der Waals surface area contributed by atoms with Crippen LogP contribution in [0.1, 0.15) is 41.5 Å². The first-order valence-corrected chi connectivity index (χ1v) is 11.5. The third-order valence-electron chi connectivity index (χ3n) is 2.46. The van der Waals surface area contributed by atoms with Crippen LogP contribution in [0.3, 0.4) is 0 Å². The zero-order valence-corrected chi connectivity index (χ0v) is 15.7. The van der Waals surface area contributed by atoms with E-state index in [0.29, 0.717) is 0 Å². The Balaban J connectivity index is 5.62. The van der Waals surface area contributed by atoms with Crippen molar-refractivity contribution in [3.05, 3.63) is 0 Å². The number of hydrogen-bond acceptors (Lipinski definition) is 6. The minimum absolute atomic E-state index is 0.923. The first-order valence-electron chi connectivity index (χ1n) is 7.76. The second-order valence-electron chi connectivity index (χ2n) is 4.10. The third kappa shape index (κ3) is 5.03. The molecule has 6 nitrogen and oxygen atoms in total. The molecule has 0 aliphatic rings. The predicted molar refractivity (Wildman–Crippen MR) is 97.2 cm³/mol. The van der Waals surface area contributed by atoms with E-state index in [1.54, 1.807) is 0 Å². The summed E-state index contributed by atoms with van der Waals surface area (Å²) >= 11 is 0. The Morgan fingerprint density at radius 1 is 0.400 bits per heavy atom. The molecule has 0 unspecified atom stereocenters. The summed E-state index contributed by atoms with van der Waals surface area (Å²) in [5, 5.41) is 0. The SMILES string of the molecule is CCNS(NCC)(NCC)S(NCC)(NCC)NCC. The molecule has 0 saturated heterocycles. The Kier molecular flexibility index (Phi) is 11.3. The van der Waals surface area contributed by atoms with Gasteiger partial charge in [-0.1, -0.05) is 41.5 Å². The quantitative estimate of drug-likeness (QED) is 0.289. The summed E-state index contributed by atoms with van der Waals surface area (Å²) < 4.78 is 22.2. The van der Waals surface area contributed by atoms with E-state index in [-0.39, 0.29) is 0 Å². The number of nitrogens with one attached hydrogen (secondary N) is 6. The Labute approximate surface area is 128 Å². The zero-order valence-electron chi connectivity index (χ0n) is 14.1. The normalized spacial score (nSPS) is 14.5. The Bertz CT molecular complexity index is 184. The van der Waals surface area contributed by atoms with Crippen molar-refractivity contribution in [2.45, 2.75) is 41.5 Å². The van der Waals surface area contributed by atoms with Crippen LogP contribution in [0.2, 0.25) is 0 Å². The predicted octanol–water partition coefficient (Wildman–Crippen LogP) is 1.66. The van der Waals surface area contributed by atoms with E-state index in [1.807, 2.05) is 0 Å². The van der Waals surface area contributed by atoms with Gasteiger partial charge in [0.25, 0.3) is 0 Å². The van der Waals surface area contributed by atoms with Gasteiger partial charge in [0, 0.05) is 39.3 Å². The minimum Gasteiger partial charge on any atom is -0.249 e.